The molecule has 8 aromatic carbocycles. The molecule has 3 heteroatoms. The van der Waals surface area contributed by atoms with Crippen molar-refractivity contribution in [1.82, 2.24) is 0 Å². The lowest BCUT2D eigenvalue weighted by molar-refractivity contribution is 0.660. The molecule has 59 heavy (non-hydrogen) atoms. The number of thiophene rings is 1. The number of furan rings is 1. The average molecular weight is 776 g/mol. The first-order valence-corrected chi connectivity index (χ1v) is 21.5. The number of benzene rings is 8. The molecule has 2 nitrogen and oxygen atoms in total. The van der Waals surface area contributed by atoms with Gasteiger partial charge in [0.15, 0.2) is 0 Å². The van der Waals surface area contributed by atoms with Crippen LogP contribution in [0, 0.1) is 0 Å². The van der Waals surface area contributed by atoms with Crippen molar-refractivity contribution in [2.75, 3.05) is 4.90 Å². The molecule has 2 aliphatic carbocycles. The third-order valence-corrected chi connectivity index (χ3v) is 14.3. The second-order valence-corrected chi connectivity index (χ2v) is 17.9. The second-order valence-electron chi connectivity index (χ2n) is 16.9. The van der Waals surface area contributed by atoms with Crippen molar-refractivity contribution >= 4 is 76.8 Å². The zero-order valence-corrected chi connectivity index (χ0v) is 34.1. The Balaban J connectivity index is 1.05. The van der Waals surface area contributed by atoms with Crippen LogP contribution in [0.5, 0.6) is 0 Å². The van der Waals surface area contributed by atoms with E-state index in [1.165, 1.54) is 70.4 Å². The summed E-state index contributed by atoms with van der Waals surface area (Å²) < 4.78 is 7.83. The molecule has 0 saturated heterocycles. The third-order valence-electron chi connectivity index (χ3n) is 13.1. The molecule has 0 radical (unpaired) electrons. The van der Waals surface area contributed by atoms with Crippen LogP contribution >= 0.6 is 11.3 Å². The van der Waals surface area contributed by atoms with Crippen molar-refractivity contribution in [1.29, 1.82) is 0 Å². The van der Waals surface area contributed by atoms with Crippen LogP contribution < -0.4 is 4.90 Å². The van der Waals surface area contributed by atoms with E-state index in [0.29, 0.717) is 5.92 Å². The summed E-state index contributed by atoms with van der Waals surface area (Å²) in [5, 5.41) is 6.07. The highest BCUT2D eigenvalue weighted by Crippen LogP contribution is 2.55. The number of allylic oxidation sites excluding steroid dienone is 1. The molecule has 282 valence electrons. The summed E-state index contributed by atoms with van der Waals surface area (Å²) >= 11 is 1.93. The van der Waals surface area contributed by atoms with Crippen LogP contribution in [0.25, 0.3) is 70.6 Å². The first-order valence-electron chi connectivity index (χ1n) is 20.7. The van der Waals surface area contributed by atoms with Gasteiger partial charge < -0.3 is 9.32 Å². The standard InChI is InChI=1S/C56H41NOS/c1-34-23-29-41(55-53(34)43-17-8-11-22-52(43)59-55)35-24-27-39(28-25-35)57(49-21-12-19-47-54(49)42-16-6-9-18-46(42)56(47,2)3)48-20-10-7-15-40(48)38-26-30-50-44(32-38)45-31-36-13-4-5-14-37(36)33-51(45)58-50/h4-22,24-34H,23H2,1-3H3. The van der Waals surface area contributed by atoms with Crippen molar-refractivity contribution in [3.8, 4) is 22.3 Å². The van der Waals surface area contributed by atoms with Crippen LogP contribution in [0.3, 0.4) is 0 Å². The predicted molar refractivity (Wildman–Crippen MR) is 251 cm³/mol. The monoisotopic (exact) mass is 775 g/mol. The quantitative estimate of drug-likeness (QED) is 0.173. The molecule has 0 aliphatic heterocycles. The van der Waals surface area contributed by atoms with Crippen molar-refractivity contribution in [3.63, 3.8) is 0 Å². The van der Waals surface area contributed by atoms with Crippen molar-refractivity contribution in [2.24, 2.45) is 0 Å². The molecule has 0 fully saturated rings. The number of nitrogens with zero attached hydrogens (tertiary/aromatic N) is 1. The summed E-state index contributed by atoms with van der Waals surface area (Å²) in [5.41, 5.74) is 16.9. The van der Waals surface area contributed by atoms with E-state index in [2.05, 4.69) is 202 Å². The lowest BCUT2D eigenvalue weighted by Gasteiger charge is -2.31. The summed E-state index contributed by atoms with van der Waals surface area (Å²) in [6.07, 6.45) is 3.51. The van der Waals surface area contributed by atoms with Crippen molar-refractivity contribution < 1.29 is 4.42 Å². The normalized spacial score (nSPS) is 15.4. The summed E-state index contributed by atoms with van der Waals surface area (Å²) in [5.74, 6) is 0.502. The minimum absolute atomic E-state index is 0.124. The molecular formula is C56H41NOS. The number of hydrogen-bond donors (Lipinski definition) is 0. The molecule has 0 amide bonds. The topological polar surface area (TPSA) is 16.4 Å². The van der Waals surface area contributed by atoms with Gasteiger partial charge in [-0.25, -0.2) is 0 Å². The zero-order valence-electron chi connectivity index (χ0n) is 33.3. The molecule has 2 aromatic heterocycles. The first-order chi connectivity index (χ1) is 28.9. The highest BCUT2D eigenvalue weighted by molar-refractivity contribution is 7.20. The van der Waals surface area contributed by atoms with E-state index in [1.54, 1.807) is 0 Å². The summed E-state index contributed by atoms with van der Waals surface area (Å²) in [7, 11) is 0. The first kappa shape index (κ1) is 34.4. The van der Waals surface area contributed by atoms with E-state index in [9.17, 15) is 0 Å². The maximum absolute atomic E-state index is 6.46. The Kier molecular flexibility index (Phi) is 7.52. The van der Waals surface area contributed by atoms with Gasteiger partial charge in [-0.2, -0.15) is 0 Å². The van der Waals surface area contributed by atoms with Gasteiger partial charge in [0.05, 0.1) is 11.4 Å². The number of hydrogen-bond acceptors (Lipinski definition) is 3. The largest absolute Gasteiger partial charge is 0.456 e. The van der Waals surface area contributed by atoms with Gasteiger partial charge in [-0.3, -0.25) is 0 Å². The van der Waals surface area contributed by atoms with Crippen LogP contribution in [0.4, 0.5) is 17.1 Å². The van der Waals surface area contributed by atoms with E-state index in [-0.39, 0.29) is 5.41 Å². The Labute approximate surface area is 348 Å². The molecule has 10 aromatic rings. The fourth-order valence-electron chi connectivity index (χ4n) is 10.2. The fourth-order valence-corrected chi connectivity index (χ4v) is 11.6. The van der Waals surface area contributed by atoms with Gasteiger partial charge in [0.1, 0.15) is 11.2 Å². The van der Waals surface area contributed by atoms with E-state index in [1.807, 2.05) is 11.3 Å². The molecule has 2 heterocycles. The summed E-state index contributed by atoms with van der Waals surface area (Å²) in [6.45, 7) is 7.10. The van der Waals surface area contributed by atoms with Gasteiger partial charge in [-0.1, -0.05) is 142 Å². The van der Waals surface area contributed by atoms with Gasteiger partial charge >= 0.3 is 0 Å². The summed E-state index contributed by atoms with van der Waals surface area (Å²) in [4.78, 5) is 3.92. The predicted octanol–water partition coefficient (Wildman–Crippen LogP) is 16.3. The smallest absolute Gasteiger partial charge is 0.136 e. The molecule has 12 rings (SSSR count). The van der Waals surface area contributed by atoms with E-state index in [4.69, 9.17) is 4.42 Å². The Morgan fingerprint density at radius 1 is 0.576 bits per heavy atom. The van der Waals surface area contributed by atoms with Crippen LogP contribution in [0.2, 0.25) is 0 Å². The van der Waals surface area contributed by atoms with Crippen LogP contribution in [0.1, 0.15) is 60.2 Å². The highest BCUT2D eigenvalue weighted by atomic mass is 32.1. The maximum Gasteiger partial charge on any atom is 0.136 e. The van der Waals surface area contributed by atoms with E-state index in [0.717, 1.165) is 50.9 Å². The van der Waals surface area contributed by atoms with Crippen LogP contribution in [-0.2, 0) is 5.41 Å². The van der Waals surface area contributed by atoms with Gasteiger partial charge in [0.25, 0.3) is 0 Å². The SMILES string of the molecule is CC1CC=C(c2ccc(N(c3ccccc3-c3ccc4oc5cc6ccccc6cc5c4c3)c3cccc4c3-c3ccccc3C4(C)C)cc2)c2sc3ccccc3c21. The van der Waals surface area contributed by atoms with Crippen LogP contribution in [-0.4, -0.2) is 0 Å². The number of anilines is 3. The van der Waals surface area contributed by atoms with Gasteiger partial charge in [-0.05, 0) is 122 Å². The minimum atomic E-state index is -0.124. The maximum atomic E-state index is 6.46. The zero-order chi connectivity index (χ0) is 39.4. The minimum Gasteiger partial charge on any atom is -0.456 e. The van der Waals surface area contributed by atoms with E-state index < -0.39 is 0 Å². The highest BCUT2D eigenvalue weighted by Gasteiger charge is 2.38. The Morgan fingerprint density at radius 2 is 1.25 bits per heavy atom. The fraction of sp³-hybridized carbons (Fsp3) is 0.107. The van der Waals surface area contributed by atoms with Crippen molar-refractivity contribution in [3.05, 3.63) is 203 Å². The van der Waals surface area contributed by atoms with Gasteiger partial charge in [0.2, 0.25) is 0 Å². The summed E-state index contributed by atoms with van der Waals surface area (Å²) in [6, 6.07) is 62.7. The lowest BCUT2D eigenvalue weighted by atomic mass is 9.82. The van der Waals surface area contributed by atoms with Crippen molar-refractivity contribution in [2.45, 2.75) is 38.5 Å². The molecule has 0 N–H and O–H groups in total. The molecule has 0 saturated carbocycles. The van der Waals surface area contributed by atoms with Gasteiger partial charge in [-0.15, -0.1) is 11.3 Å². The molecular weight excluding hydrogens is 735 g/mol. The number of para-hydroxylation sites is 1. The molecule has 1 unspecified atom stereocenters. The molecule has 0 bridgehead atoms. The van der Waals surface area contributed by atoms with Gasteiger partial charge in [0, 0.05) is 42.6 Å². The molecule has 2 aliphatic rings. The van der Waals surface area contributed by atoms with E-state index >= 15 is 0 Å². The Morgan fingerprint density at radius 3 is 2.12 bits per heavy atom. The molecule has 0 spiro atoms. The second kappa shape index (κ2) is 12.9. The average Bonchev–Trinajstić information content (AvgIpc) is 3.91. The third kappa shape index (κ3) is 5.17. The molecule has 1 atom stereocenters. The lowest BCUT2D eigenvalue weighted by Crippen LogP contribution is -2.16. The number of rotatable bonds is 5. The van der Waals surface area contributed by atoms with Crippen LogP contribution in [0.15, 0.2) is 180 Å². The Bertz CT molecular complexity index is 3360. The Hall–Kier alpha value is -6.68. The number of fused-ring (bicyclic) bond motifs is 10.